The smallest absolute Gasteiger partial charge is 0.203 e. The summed E-state index contributed by atoms with van der Waals surface area (Å²) in [5, 5.41) is 0. The first-order chi connectivity index (χ1) is 9.71. The van der Waals surface area contributed by atoms with Crippen LogP contribution in [-0.4, -0.2) is 26.3 Å². The summed E-state index contributed by atoms with van der Waals surface area (Å²) in [6.45, 7) is 0. The topological polar surface area (TPSA) is 66.6 Å². The molecule has 0 aliphatic heterocycles. The zero-order valence-corrected chi connectivity index (χ0v) is 12.6. The molecule has 0 aliphatic carbocycles. The van der Waals surface area contributed by atoms with Crippen molar-refractivity contribution in [3.05, 3.63) is 34.3 Å². The van der Waals surface area contributed by atoms with E-state index in [2.05, 4.69) is 4.98 Å². The summed E-state index contributed by atoms with van der Waals surface area (Å²) < 4.78 is 16.1. The monoisotopic (exact) mass is 294 g/mol. The van der Waals surface area contributed by atoms with Gasteiger partial charge in [0.15, 0.2) is 11.5 Å². The van der Waals surface area contributed by atoms with Crippen LogP contribution in [0.4, 0.5) is 0 Å². The van der Waals surface area contributed by atoms with E-state index in [1.807, 2.05) is 18.3 Å². The largest absolute Gasteiger partial charge is 0.493 e. The molecular formula is C14H18N2O3S. The molecule has 2 rings (SSSR count). The van der Waals surface area contributed by atoms with Gasteiger partial charge in [-0.25, -0.2) is 0 Å². The molecule has 1 aromatic carbocycles. The minimum atomic E-state index is -0.190. The molecule has 5 nitrogen and oxygen atoms in total. The fourth-order valence-electron chi connectivity index (χ4n) is 2.09. The molecule has 0 spiro atoms. The highest BCUT2D eigenvalue weighted by atomic mass is 32.1. The molecule has 0 fully saturated rings. The van der Waals surface area contributed by atoms with E-state index in [1.54, 1.807) is 38.2 Å². The predicted octanol–water partition coefficient (Wildman–Crippen LogP) is 2.41. The first-order valence-corrected chi connectivity index (χ1v) is 7.01. The number of ether oxygens (including phenoxy) is 3. The van der Waals surface area contributed by atoms with Crippen molar-refractivity contribution in [3.8, 4) is 17.2 Å². The Balaban J connectivity index is 2.35. The van der Waals surface area contributed by atoms with Crippen LogP contribution in [0, 0.1) is 0 Å². The predicted molar refractivity (Wildman–Crippen MR) is 78.8 cm³/mol. The molecule has 6 heteroatoms. The summed E-state index contributed by atoms with van der Waals surface area (Å²) in [6, 6.07) is 3.56. The average molecular weight is 294 g/mol. The van der Waals surface area contributed by atoms with E-state index in [9.17, 15) is 0 Å². The maximum Gasteiger partial charge on any atom is 0.203 e. The van der Waals surface area contributed by atoms with Crippen LogP contribution in [0.1, 0.15) is 16.5 Å². The summed E-state index contributed by atoms with van der Waals surface area (Å²) in [6.07, 6.45) is 2.54. The maximum absolute atomic E-state index is 6.28. The van der Waals surface area contributed by atoms with Crippen LogP contribution in [0.3, 0.4) is 0 Å². The fraction of sp³-hybridized carbons (Fsp3) is 0.357. The number of rotatable bonds is 6. The molecule has 0 amide bonds. The molecule has 0 saturated carbocycles. The minimum Gasteiger partial charge on any atom is -0.493 e. The van der Waals surface area contributed by atoms with Gasteiger partial charge in [0.2, 0.25) is 5.75 Å². The van der Waals surface area contributed by atoms with Crippen molar-refractivity contribution in [2.45, 2.75) is 12.5 Å². The second kappa shape index (κ2) is 6.58. The SMILES string of the molecule is COc1ccc(C(N)Cc2cncs2)c(OC)c1OC. The van der Waals surface area contributed by atoms with Gasteiger partial charge in [0.1, 0.15) is 0 Å². The lowest BCUT2D eigenvalue weighted by Crippen LogP contribution is -2.14. The van der Waals surface area contributed by atoms with E-state index in [4.69, 9.17) is 19.9 Å². The second-order valence-corrected chi connectivity index (χ2v) is 5.17. The number of benzene rings is 1. The van der Waals surface area contributed by atoms with Crippen LogP contribution in [0.2, 0.25) is 0 Å². The van der Waals surface area contributed by atoms with Crippen LogP contribution in [-0.2, 0) is 6.42 Å². The average Bonchev–Trinajstić information content (AvgIpc) is 2.98. The van der Waals surface area contributed by atoms with Gasteiger partial charge in [-0.1, -0.05) is 0 Å². The third kappa shape index (κ3) is 2.86. The molecule has 1 heterocycles. The van der Waals surface area contributed by atoms with E-state index in [-0.39, 0.29) is 6.04 Å². The Morgan fingerprint density at radius 2 is 1.90 bits per heavy atom. The molecule has 0 radical (unpaired) electrons. The van der Waals surface area contributed by atoms with E-state index >= 15 is 0 Å². The van der Waals surface area contributed by atoms with Crippen LogP contribution in [0.25, 0.3) is 0 Å². The van der Waals surface area contributed by atoms with Crippen LogP contribution in [0.5, 0.6) is 17.2 Å². The number of nitrogens with zero attached hydrogens (tertiary/aromatic N) is 1. The van der Waals surface area contributed by atoms with Gasteiger partial charge in [-0.05, 0) is 12.1 Å². The van der Waals surface area contributed by atoms with Gasteiger partial charge in [-0.15, -0.1) is 11.3 Å². The molecule has 0 bridgehead atoms. The second-order valence-electron chi connectivity index (χ2n) is 4.20. The van der Waals surface area contributed by atoms with Crippen LogP contribution >= 0.6 is 11.3 Å². The third-order valence-electron chi connectivity index (χ3n) is 3.04. The summed E-state index contributed by atoms with van der Waals surface area (Å²) in [7, 11) is 4.77. The zero-order valence-electron chi connectivity index (χ0n) is 11.8. The summed E-state index contributed by atoms with van der Waals surface area (Å²) >= 11 is 1.59. The van der Waals surface area contributed by atoms with Crippen molar-refractivity contribution in [3.63, 3.8) is 0 Å². The molecule has 1 atom stereocenters. The van der Waals surface area contributed by atoms with E-state index < -0.39 is 0 Å². The number of nitrogens with two attached hydrogens (primary N) is 1. The molecule has 20 heavy (non-hydrogen) atoms. The summed E-state index contributed by atoms with van der Waals surface area (Å²) in [4.78, 5) is 5.19. The molecule has 0 aliphatic rings. The number of hydrogen-bond acceptors (Lipinski definition) is 6. The lowest BCUT2D eigenvalue weighted by Gasteiger charge is -2.19. The summed E-state index contributed by atoms with van der Waals surface area (Å²) in [5.41, 5.74) is 8.97. The van der Waals surface area contributed by atoms with Crippen molar-refractivity contribution in [2.75, 3.05) is 21.3 Å². The van der Waals surface area contributed by atoms with Gasteiger partial charge in [-0.3, -0.25) is 4.98 Å². The molecule has 2 N–H and O–H groups in total. The Morgan fingerprint density at radius 3 is 2.45 bits per heavy atom. The third-order valence-corrected chi connectivity index (χ3v) is 3.84. The molecule has 108 valence electrons. The highest BCUT2D eigenvalue weighted by Crippen LogP contribution is 2.42. The number of thiazole rings is 1. The van der Waals surface area contributed by atoms with Crippen LogP contribution < -0.4 is 19.9 Å². The standard InChI is InChI=1S/C14H18N2O3S/c1-17-12-5-4-10(13(18-2)14(12)19-3)11(15)6-9-7-16-8-20-9/h4-5,7-8,11H,6,15H2,1-3H3. The highest BCUT2D eigenvalue weighted by Gasteiger charge is 2.20. The van der Waals surface area contributed by atoms with E-state index in [0.717, 1.165) is 10.4 Å². The van der Waals surface area contributed by atoms with Gasteiger partial charge >= 0.3 is 0 Å². The molecule has 2 aromatic rings. The van der Waals surface area contributed by atoms with Gasteiger partial charge in [0.05, 0.1) is 26.8 Å². The molecule has 1 unspecified atom stereocenters. The molecular weight excluding hydrogens is 276 g/mol. The van der Waals surface area contributed by atoms with Crippen molar-refractivity contribution in [1.82, 2.24) is 4.98 Å². The first kappa shape index (κ1) is 14.6. The highest BCUT2D eigenvalue weighted by molar-refractivity contribution is 7.09. The normalized spacial score (nSPS) is 12.0. The number of methoxy groups -OCH3 is 3. The maximum atomic E-state index is 6.28. The Kier molecular flexibility index (Phi) is 4.81. The molecule has 1 aromatic heterocycles. The van der Waals surface area contributed by atoms with Crippen molar-refractivity contribution < 1.29 is 14.2 Å². The van der Waals surface area contributed by atoms with Crippen molar-refractivity contribution >= 4 is 11.3 Å². The van der Waals surface area contributed by atoms with Gasteiger partial charge in [-0.2, -0.15) is 0 Å². The molecule has 0 saturated heterocycles. The van der Waals surface area contributed by atoms with Gasteiger partial charge < -0.3 is 19.9 Å². The first-order valence-electron chi connectivity index (χ1n) is 6.13. The Bertz CT molecular complexity index is 558. The van der Waals surface area contributed by atoms with Crippen molar-refractivity contribution in [2.24, 2.45) is 5.73 Å². The summed E-state index contributed by atoms with van der Waals surface area (Å²) in [5.74, 6) is 1.80. The Labute approximate surface area is 122 Å². The minimum absolute atomic E-state index is 0.190. The van der Waals surface area contributed by atoms with Crippen LogP contribution in [0.15, 0.2) is 23.8 Å². The number of hydrogen-bond donors (Lipinski definition) is 1. The Morgan fingerprint density at radius 1 is 1.15 bits per heavy atom. The van der Waals surface area contributed by atoms with E-state index in [0.29, 0.717) is 23.7 Å². The Hall–Kier alpha value is -1.79. The van der Waals surface area contributed by atoms with Gasteiger partial charge in [0, 0.05) is 29.1 Å². The van der Waals surface area contributed by atoms with Gasteiger partial charge in [0.25, 0.3) is 0 Å². The zero-order chi connectivity index (χ0) is 14.5. The van der Waals surface area contributed by atoms with E-state index in [1.165, 1.54) is 0 Å². The lowest BCUT2D eigenvalue weighted by molar-refractivity contribution is 0.320. The van der Waals surface area contributed by atoms with Crippen molar-refractivity contribution in [1.29, 1.82) is 0 Å². The quantitative estimate of drug-likeness (QED) is 0.886. The fourth-order valence-corrected chi connectivity index (χ4v) is 2.74. The number of aromatic nitrogens is 1. The lowest BCUT2D eigenvalue weighted by atomic mass is 10.0.